The maximum atomic E-state index is 12.7. The van der Waals surface area contributed by atoms with E-state index in [4.69, 9.17) is 11.1 Å². The van der Waals surface area contributed by atoms with E-state index in [1.807, 2.05) is 0 Å². The molecule has 0 aromatic heterocycles. The van der Waals surface area contributed by atoms with Gasteiger partial charge in [0.1, 0.15) is 11.7 Å². The second kappa shape index (κ2) is 2.14. The number of halogens is 1. The van der Waals surface area contributed by atoms with E-state index in [1.54, 1.807) is 0 Å². The topological polar surface area (TPSA) is 62.2 Å². The van der Waals surface area contributed by atoms with Crippen LogP contribution in [0.5, 0.6) is 0 Å². The number of fused-ring (bicyclic) bond motifs is 1. The summed E-state index contributed by atoms with van der Waals surface area (Å²) in [5, 5.41) is 7.32. The van der Waals surface area contributed by atoms with Crippen molar-refractivity contribution in [2.75, 3.05) is 0 Å². The zero-order valence-corrected chi connectivity index (χ0v) is 6.13. The van der Waals surface area contributed by atoms with E-state index in [0.717, 1.165) is 0 Å². The normalized spacial score (nSPS) is 14.4. The molecule has 3 N–H and O–H groups in total. The predicted molar refractivity (Wildman–Crippen MR) is 44.0 cm³/mol. The zero-order chi connectivity index (χ0) is 8.72. The van der Waals surface area contributed by atoms with Gasteiger partial charge in [-0.3, -0.25) is 5.41 Å². The van der Waals surface area contributed by atoms with Crippen molar-refractivity contribution in [1.29, 1.82) is 5.41 Å². The number of nitrogens with one attached hydrogen (secondary N) is 1. The van der Waals surface area contributed by atoms with Gasteiger partial charge in [0.15, 0.2) is 5.84 Å². The van der Waals surface area contributed by atoms with Gasteiger partial charge >= 0.3 is 0 Å². The fourth-order valence-corrected chi connectivity index (χ4v) is 1.18. The van der Waals surface area contributed by atoms with Gasteiger partial charge in [-0.15, -0.1) is 0 Å². The smallest absolute Gasteiger partial charge is 0.155 e. The molecule has 2 rings (SSSR count). The summed E-state index contributed by atoms with van der Waals surface area (Å²) < 4.78 is 12.7. The minimum absolute atomic E-state index is 0.0296. The second-order valence-electron chi connectivity index (χ2n) is 2.54. The lowest BCUT2D eigenvalue weighted by Gasteiger charge is -1.96. The number of aliphatic imine (C=N–C) groups is 1. The Labute approximate surface area is 68.2 Å². The highest BCUT2D eigenvalue weighted by atomic mass is 19.1. The van der Waals surface area contributed by atoms with Crippen molar-refractivity contribution in [2.24, 2.45) is 10.7 Å². The van der Waals surface area contributed by atoms with E-state index in [1.165, 1.54) is 18.2 Å². The van der Waals surface area contributed by atoms with E-state index >= 15 is 0 Å². The molecule has 0 spiro atoms. The van der Waals surface area contributed by atoms with Crippen LogP contribution in [-0.2, 0) is 0 Å². The lowest BCUT2D eigenvalue weighted by Crippen LogP contribution is -2.10. The van der Waals surface area contributed by atoms with Crippen LogP contribution in [0.1, 0.15) is 11.1 Å². The molecule has 0 atom stereocenters. The third-order valence-corrected chi connectivity index (χ3v) is 1.74. The van der Waals surface area contributed by atoms with Crippen LogP contribution in [0, 0.1) is 11.2 Å². The number of nitrogens with two attached hydrogens (primary N) is 1. The quantitative estimate of drug-likeness (QED) is 0.585. The Balaban J connectivity index is 2.68. The molecule has 3 nitrogen and oxygen atoms in total. The van der Waals surface area contributed by atoms with Crippen molar-refractivity contribution in [3.05, 3.63) is 35.1 Å². The molecule has 0 saturated heterocycles. The van der Waals surface area contributed by atoms with Gasteiger partial charge in [0.2, 0.25) is 0 Å². The fourth-order valence-electron chi connectivity index (χ4n) is 1.18. The standard InChI is InChI=1S/C8H6FN3/c9-4-1-2-5-6(3-4)8(11)12-7(5)10/h1-3H,(H3,10,11,12). The summed E-state index contributed by atoms with van der Waals surface area (Å²) in [5.74, 6) is -0.0552. The molecule has 1 aromatic rings. The van der Waals surface area contributed by atoms with Crippen LogP contribution in [0.2, 0.25) is 0 Å². The number of benzene rings is 1. The highest BCUT2D eigenvalue weighted by Gasteiger charge is 2.18. The molecule has 1 heterocycles. The van der Waals surface area contributed by atoms with Crippen molar-refractivity contribution >= 4 is 11.7 Å². The molecule has 1 aromatic carbocycles. The lowest BCUT2D eigenvalue weighted by atomic mass is 10.1. The second-order valence-corrected chi connectivity index (χ2v) is 2.54. The van der Waals surface area contributed by atoms with Gasteiger partial charge in [-0.25, -0.2) is 9.38 Å². The maximum absolute atomic E-state index is 12.7. The van der Waals surface area contributed by atoms with E-state index in [0.29, 0.717) is 11.1 Å². The van der Waals surface area contributed by atoms with Crippen LogP contribution in [0.3, 0.4) is 0 Å². The van der Waals surface area contributed by atoms with E-state index in [-0.39, 0.29) is 17.5 Å². The summed E-state index contributed by atoms with van der Waals surface area (Å²) in [6.45, 7) is 0. The van der Waals surface area contributed by atoms with Crippen molar-refractivity contribution in [3.63, 3.8) is 0 Å². The van der Waals surface area contributed by atoms with Crippen LogP contribution >= 0.6 is 0 Å². The molecule has 0 fully saturated rings. The van der Waals surface area contributed by atoms with Crippen LogP contribution in [0.15, 0.2) is 23.2 Å². The first-order valence-electron chi connectivity index (χ1n) is 3.41. The Kier molecular flexibility index (Phi) is 1.24. The van der Waals surface area contributed by atoms with Crippen LogP contribution in [0.4, 0.5) is 4.39 Å². The summed E-state index contributed by atoms with van der Waals surface area (Å²) in [6, 6.07) is 4.10. The van der Waals surface area contributed by atoms with Crippen molar-refractivity contribution in [1.82, 2.24) is 0 Å². The molecule has 0 amide bonds. The monoisotopic (exact) mass is 163 g/mol. The average Bonchev–Trinajstić information content (AvgIpc) is 2.28. The summed E-state index contributed by atoms with van der Waals surface area (Å²) in [6.07, 6.45) is 0. The Morgan fingerprint density at radius 2 is 2.08 bits per heavy atom. The molecule has 0 radical (unpaired) electrons. The van der Waals surface area contributed by atoms with Gasteiger partial charge in [-0.05, 0) is 18.2 Å². The molecule has 0 unspecified atom stereocenters. The molecular weight excluding hydrogens is 157 g/mol. The van der Waals surface area contributed by atoms with E-state index in [2.05, 4.69) is 4.99 Å². The third-order valence-electron chi connectivity index (χ3n) is 1.74. The van der Waals surface area contributed by atoms with Gasteiger partial charge in [0, 0.05) is 11.1 Å². The van der Waals surface area contributed by atoms with E-state index in [9.17, 15) is 4.39 Å². The van der Waals surface area contributed by atoms with Gasteiger partial charge in [-0.1, -0.05) is 0 Å². The molecule has 0 saturated carbocycles. The number of hydrogen-bond donors (Lipinski definition) is 2. The largest absolute Gasteiger partial charge is 0.383 e. The summed E-state index contributed by atoms with van der Waals surface area (Å²) in [4.78, 5) is 3.71. The maximum Gasteiger partial charge on any atom is 0.155 e. The van der Waals surface area contributed by atoms with Crippen LogP contribution < -0.4 is 5.73 Å². The van der Waals surface area contributed by atoms with Gasteiger partial charge in [0.25, 0.3) is 0 Å². The lowest BCUT2D eigenvalue weighted by molar-refractivity contribution is 0.627. The predicted octanol–water partition coefficient (Wildman–Crippen LogP) is 0.870. The first-order chi connectivity index (χ1) is 5.68. The first kappa shape index (κ1) is 6.97. The first-order valence-corrected chi connectivity index (χ1v) is 3.41. The van der Waals surface area contributed by atoms with Crippen LogP contribution in [0.25, 0.3) is 0 Å². The minimum Gasteiger partial charge on any atom is -0.383 e. The molecular formula is C8H6FN3. The molecule has 0 aliphatic carbocycles. The van der Waals surface area contributed by atoms with Gasteiger partial charge in [-0.2, -0.15) is 0 Å². The number of amidine groups is 2. The van der Waals surface area contributed by atoms with Crippen molar-refractivity contribution in [2.45, 2.75) is 0 Å². The Bertz CT molecular complexity index is 395. The molecule has 4 heteroatoms. The summed E-state index contributed by atoms with van der Waals surface area (Å²) in [7, 11) is 0. The molecule has 0 bridgehead atoms. The number of hydrogen-bond acceptors (Lipinski definition) is 2. The molecule has 60 valence electrons. The summed E-state index contributed by atoms with van der Waals surface area (Å²) in [5.41, 5.74) is 6.58. The molecule has 1 aliphatic rings. The zero-order valence-electron chi connectivity index (χ0n) is 6.13. The summed E-state index contributed by atoms with van der Waals surface area (Å²) >= 11 is 0. The Morgan fingerprint density at radius 1 is 1.33 bits per heavy atom. The highest BCUT2D eigenvalue weighted by Crippen LogP contribution is 2.17. The molecule has 12 heavy (non-hydrogen) atoms. The van der Waals surface area contributed by atoms with E-state index < -0.39 is 0 Å². The highest BCUT2D eigenvalue weighted by molar-refractivity contribution is 6.20. The van der Waals surface area contributed by atoms with Gasteiger partial charge < -0.3 is 5.73 Å². The SMILES string of the molecule is N=C1N=C(N)c2ccc(F)cc21. The average molecular weight is 163 g/mol. The number of rotatable bonds is 0. The molecule has 1 aliphatic heterocycles. The number of nitrogens with zero attached hydrogens (tertiary/aromatic N) is 1. The Hall–Kier alpha value is -1.71. The Morgan fingerprint density at radius 3 is 2.83 bits per heavy atom. The fraction of sp³-hybridized carbons (Fsp3) is 0. The van der Waals surface area contributed by atoms with Gasteiger partial charge in [0.05, 0.1) is 0 Å². The third kappa shape index (κ3) is 0.812. The van der Waals surface area contributed by atoms with Crippen LogP contribution in [-0.4, -0.2) is 11.7 Å². The van der Waals surface area contributed by atoms with Crippen molar-refractivity contribution in [3.8, 4) is 0 Å². The minimum atomic E-state index is -0.372. The van der Waals surface area contributed by atoms with Crippen molar-refractivity contribution < 1.29 is 4.39 Å².